The minimum atomic E-state index is 0.677. The van der Waals surface area contributed by atoms with Crippen molar-refractivity contribution in [1.82, 2.24) is 5.32 Å². The number of rotatable bonds is 9. The van der Waals surface area contributed by atoms with Gasteiger partial charge < -0.3 is 10.1 Å². The smallest absolute Gasteiger partial charge is 0.142 e. The van der Waals surface area contributed by atoms with E-state index < -0.39 is 0 Å². The molecule has 0 atom stereocenters. The molecule has 0 heterocycles. The van der Waals surface area contributed by atoms with Crippen molar-refractivity contribution in [2.45, 2.75) is 32.7 Å². The number of halogens is 1. The van der Waals surface area contributed by atoms with Gasteiger partial charge >= 0.3 is 0 Å². The van der Waals surface area contributed by atoms with Crippen molar-refractivity contribution in [3.05, 3.63) is 41.4 Å². The molecule has 1 rings (SSSR count). The van der Waals surface area contributed by atoms with Crippen LogP contribution < -0.4 is 10.1 Å². The van der Waals surface area contributed by atoms with Crippen molar-refractivity contribution >= 4 is 11.6 Å². The third kappa shape index (κ3) is 5.11. The van der Waals surface area contributed by atoms with Gasteiger partial charge in [-0.2, -0.15) is 0 Å². The summed E-state index contributed by atoms with van der Waals surface area (Å²) in [5, 5.41) is 4.05. The predicted molar refractivity (Wildman–Crippen MR) is 78.4 cm³/mol. The maximum atomic E-state index is 6.18. The first kappa shape index (κ1) is 15.1. The molecule has 0 spiro atoms. The van der Waals surface area contributed by atoms with E-state index in [0.29, 0.717) is 11.6 Å². The van der Waals surface area contributed by atoms with Gasteiger partial charge in [0.25, 0.3) is 0 Å². The normalized spacial score (nSPS) is 10.3. The Morgan fingerprint density at radius 1 is 1.44 bits per heavy atom. The number of hydrogen-bond acceptors (Lipinski definition) is 2. The fraction of sp³-hybridized carbons (Fsp3) is 0.467. The van der Waals surface area contributed by atoms with Crippen molar-refractivity contribution < 1.29 is 4.74 Å². The highest BCUT2D eigenvalue weighted by Crippen LogP contribution is 2.28. The third-order valence-corrected chi connectivity index (χ3v) is 2.89. The minimum Gasteiger partial charge on any atom is -0.492 e. The van der Waals surface area contributed by atoms with E-state index in [4.69, 9.17) is 16.3 Å². The molecule has 0 radical (unpaired) electrons. The van der Waals surface area contributed by atoms with Gasteiger partial charge in [-0.3, -0.25) is 0 Å². The molecule has 3 heteroatoms. The van der Waals surface area contributed by atoms with Crippen LogP contribution >= 0.6 is 11.6 Å². The number of allylic oxidation sites excluding steroid dienone is 1. The van der Waals surface area contributed by atoms with Gasteiger partial charge in [-0.25, -0.2) is 0 Å². The topological polar surface area (TPSA) is 21.3 Å². The van der Waals surface area contributed by atoms with E-state index in [2.05, 4.69) is 24.9 Å². The molecule has 100 valence electrons. The van der Waals surface area contributed by atoms with E-state index in [9.17, 15) is 0 Å². The molecule has 0 saturated heterocycles. The van der Waals surface area contributed by atoms with Crippen LogP contribution in [0.2, 0.25) is 5.02 Å². The minimum absolute atomic E-state index is 0.677. The second-order valence-electron chi connectivity index (χ2n) is 4.18. The largest absolute Gasteiger partial charge is 0.492 e. The summed E-state index contributed by atoms with van der Waals surface area (Å²) in [6, 6.07) is 5.88. The Morgan fingerprint density at radius 2 is 2.28 bits per heavy atom. The first-order valence-electron chi connectivity index (χ1n) is 6.51. The Labute approximate surface area is 115 Å². The van der Waals surface area contributed by atoms with E-state index in [1.54, 1.807) is 0 Å². The highest BCUT2D eigenvalue weighted by Gasteiger charge is 2.07. The molecule has 0 aliphatic carbocycles. The Bertz CT molecular complexity index is 366. The van der Waals surface area contributed by atoms with Gasteiger partial charge in [0.2, 0.25) is 0 Å². The van der Waals surface area contributed by atoms with Crippen molar-refractivity contribution in [3.8, 4) is 5.75 Å². The van der Waals surface area contributed by atoms with Gasteiger partial charge in [-0.1, -0.05) is 36.7 Å². The van der Waals surface area contributed by atoms with Crippen LogP contribution in [0.1, 0.15) is 31.7 Å². The molecular formula is C15H22ClNO. The molecule has 0 fully saturated rings. The number of hydrogen-bond donors (Lipinski definition) is 1. The summed E-state index contributed by atoms with van der Waals surface area (Å²) in [5.41, 5.74) is 1.12. The summed E-state index contributed by atoms with van der Waals surface area (Å²) in [7, 11) is 0. The van der Waals surface area contributed by atoms with Crippen LogP contribution in [0.3, 0.4) is 0 Å². The van der Waals surface area contributed by atoms with Crippen LogP contribution in [0.5, 0.6) is 5.75 Å². The van der Waals surface area contributed by atoms with E-state index >= 15 is 0 Å². The number of unbranched alkanes of at least 4 members (excludes halogenated alkanes) is 1. The zero-order valence-corrected chi connectivity index (χ0v) is 11.8. The highest BCUT2D eigenvalue weighted by molar-refractivity contribution is 6.32. The average molecular weight is 268 g/mol. The maximum absolute atomic E-state index is 6.18. The zero-order chi connectivity index (χ0) is 13.2. The van der Waals surface area contributed by atoms with Crippen molar-refractivity contribution in [3.63, 3.8) is 0 Å². The van der Waals surface area contributed by atoms with Gasteiger partial charge in [-0.05, 0) is 31.9 Å². The monoisotopic (exact) mass is 267 g/mol. The van der Waals surface area contributed by atoms with Crippen LogP contribution in [0.4, 0.5) is 0 Å². The molecule has 0 aliphatic rings. The molecule has 1 aromatic carbocycles. The van der Waals surface area contributed by atoms with Gasteiger partial charge in [0.05, 0.1) is 11.6 Å². The van der Waals surface area contributed by atoms with E-state index in [1.165, 1.54) is 0 Å². The Hall–Kier alpha value is -0.990. The number of benzene rings is 1. The van der Waals surface area contributed by atoms with Gasteiger partial charge in [0.1, 0.15) is 5.75 Å². The van der Waals surface area contributed by atoms with Crippen LogP contribution in [-0.4, -0.2) is 13.2 Å². The van der Waals surface area contributed by atoms with E-state index in [0.717, 1.165) is 43.7 Å². The lowest BCUT2D eigenvalue weighted by Gasteiger charge is -2.13. The molecule has 0 aliphatic heterocycles. The number of nitrogens with one attached hydrogen (secondary N) is 1. The summed E-state index contributed by atoms with van der Waals surface area (Å²) in [6.45, 7) is 8.33. The van der Waals surface area contributed by atoms with Crippen LogP contribution in [0, 0.1) is 0 Å². The summed E-state index contributed by atoms with van der Waals surface area (Å²) in [5.74, 6) is 0.812. The second kappa shape index (κ2) is 9.01. The number of ether oxygens (including phenoxy) is 1. The summed E-state index contributed by atoms with van der Waals surface area (Å²) >= 11 is 6.18. The third-order valence-electron chi connectivity index (χ3n) is 2.59. The van der Waals surface area contributed by atoms with Gasteiger partial charge in [0.15, 0.2) is 0 Å². The Kier molecular flexibility index (Phi) is 7.54. The van der Waals surface area contributed by atoms with Gasteiger partial charge in [0, 0.05) is 12.1 Å². The van der Waals surface area contributed by atoms with E-state index in [-0.39, 0.29) is 0 Å². The lowest BCUT2D eigenvalue weighted by molar-refractivity contribution is 0.308. The van der Waals surface area contributed by atoms with Crippen LogP contribution in [0.25, 0.3) is 0 Å². The Balaban J connectivity index is 2.58. The SMILES string of the molecule is C=CCCCOc1c(Cl)cccc1CNCCC. The summed E-state index contributed by atoms with van der Waals surface area (Å²) in [4.78, 5) is 0. The fourth-order valence-electron chi connectivity index (χ4n) is 1.66. The molecule has 2 nitrogen and oxygen atoms in total. The lowest BCUT2D eigenvalue weighted by atomic mass is 10.2. The molecule has 1 N–H and O–H groups in total. The lowest BCUT2D eigenvalue weighted by Crippen LogP contribution is -2.15. The molecule has 1 aromatic rings. The average Bonchev–Trinajstić information content (AvgIpc) is 2.37. The summed E-state index contributed by atoms with van der Waals surface area (Å²) in [6.07, 6.45) is 4.96. The van der Waals surface area contributed by atoms with Crippen molar-refractivity contribution in [1.29, 1.82) is 0 Å². The van der Waals surface area contributed by atoms with Gasteiger partial charge in [-0.15, -0.1) is 6.58 Å². The van der Waals surface area contributed by atoms with Crippen LogP contribution in [-0.2, 0) is 6.54 Å². The molecule has 0 saturated carbocycles. The quantitative estimate of drug-likeness (QED) is 0.535. The highest BCUT2D eigenvalue weighted by atomic mass is 35.5. The molecular weight excluding hydrogens is 246 g/mol. The first-order chi connectivity index (χ1) is 8.79. The molecule has 0 aromatic heterocycles. The standard InChI is InChI=1S/C15H22ClNO/c1-3-5-6-11-18-15-13(12-17-10-4-2)8-7-9-14(15)16/h3,7-9,17H,1,4-6,10-12H2,2H3. The molecule has 0 unspecified atom stereocenters. The summed E-state index contributed by atoms with van der Waals surface area (Å²) < 4.78 is 5.78. The van der Waals surface area contributed by atoms with Crippen molar-refractivity contribution in [2.24, 2.45) is 0 Å². The fourth-order valence-corrected chi connectivity index (χ4v) is 1.90. The molecule has 0 amide bonds. The second-order valence-corrected chi connectivity index (χ2v) is 4.59. The zero-order valence-electron chi connectivity index (χ0n) is 11.0. The number of para-hydroxylation sites is 1. The molecule has 0 bridgehead atoms. The van der Waals surface area contributed by atoms with Crippen LogP contribution in [0.15, 0.2) is 30.9 Å². The Morgan fingerprint density at radius 3 is 3.00 bits per heavy atom. The van der Waals surface area contributed by atoms with Crippen molar-refractivity contribution in [2.75, 3.05) is 13.2 Å². The predicted octanol–water partition coefficient (Wildman–Crippen LogP) is 4.18. The molecule has 18 heavy (non-hydrogen) atoms. The first-order valence-corrected chi connectivity index (χ1v) is 6.89. The van der Waals surface area contributed by atoms with E-state index in [1.807, 2.05) is 18.2 Å². The maximum Gasteiger partial charge on any atom is 0.142 e.